The molecule has 0 unspecified atom stereocenters. The summed E-state index contributed by atoms with van der Waals surface area (Å²) in [5.74, 6) is -1.59. The van der Waals surface area contributed by atoms with E-state index in [9.17, 15) is 23.3 Å². The predicted molar refractivity (Wildman–Crippen MR) is 123 cm³/mol. The van der Waals surface area contributed by atoms with E-state index < -0.39 is 34.1 Å². The molecule has 1 aromatic heterocycles. The molecule has 0 aliphatic rings. The van der Waals surface area contributed by atoms with Gasteiger partial charge in [0.25, 0.3) is 5.91 Å². The molecular weight excluding hydrogens is 442 g/mol. The van der Waals surface area contributed by atoms with Crippen LogP contribution in [0.2, 0.25) is 0 Å². The summed E-state index contributed by atoms with van der Waals surface area (Å²) in [5.41, 5.74) is 2.58. The van der Waals surface area contributed by atoms with Crippen molar-refractivity contribution in [3.63, 3.8) is 0 Å². The molecule has 0 aliphatic heterocycles. The third kappa shape index (κ3) is 5.48. The second-order valence-corrected chi connectivity index (χ2v) is 9.42. The van der Waals surface area contributed by atoms with Crippen LogP contribution in [0.15, 0.2) is 65.6 Å². The third-order valence-electron chi connectivity index (χ3n) is 5.14. The molecule has 0 aliphatic carbocycles. The monoisotopic (exact) mass is 465 g/mol. The van der Waals surface area contributed by atoms with Crippen LogP contribution in [0, 0.1) is 25.2 Å². The number of nitrogens with one attached hydrogen (secondary N) is 1. The van der Waals surface area contributed by atoms with E-state index in [4.69, 9.17) is 4.74 Å². The molecule has 2 aromatic carbocycles. The van der Waals surface area contributed by atoms with E-state index in [1.807, 2.05) is 37.3 Å². The topological polar surface area (TPSA) is 118 Å². The number of anilines is 1. The number of nitrogens with zero attached hydrogens (tertiary/aromatic N) is 2. The molecular formula is C24H23N3O5S. The Balaban J connectivity index is 1.65. The number of hydrogen-bond donors (Lipinski definition) is 1. The fraction of sp³-hybridized carbons (Fsp3) is 0.208. The van der Waals surface area contributed by atoms with Gasteiger partial charge in [0.2, 0.25) is 0 Å². The van der Waals surface area contributed by atoms with Crippen LogP contribution in [-0.4, -0.2) is 37.2 Å². The minimum Gasteiger partial charge on any atom is -0.456 e. The Morgan fingerprint density at radius 3 is 2.24 bits per heavy atom. The second-order valence-electron chi connectivity index (χ2n) is 7.31. The van der Waals surface area contributed by atoms with Crippen LogP contribution in [0.4, 0.5) is 5.82 Å². The Morgan fingerprint density at radius 2 is 1.64 bits per heavy atom. The number of sulfone groups is 1. The summed E-state index contributed by atoms with van der Waals surface area (Å²) >= 11 is 0. The Hall–Kier alpha value is -3.90. The number of para-hydroxylation sites is 1. The lowest BCUT2D eigenvalue weighted by atomic mass is 10.2. The van der Waals surface area contributed by atoms with Gasteiger partial charge >= 0.3 is 5.97 Å². The average Bonchev–Trinajstić information content (AvgIpc) is 3.06. The number of ether oxygens (including phenoxy) is 1. The van der Waals surface area contributed by atoms with E-state index in [1.165, 1.54) is 12.1 Å². The molecule has 0 saturated heterocycles. The molecule has 3 aromatic rings. The van der Waals surface area contributed by atoms with Crippen LogP contribution in [-0.2, 0) is 24.2 Å². The van der Waals surface area contributed by atoms with E-state index in [0.29, 0.717) is 5.56 Å². The fourth-order valence-electron chi connectivity index (χ4n) is 3.31. The van der Waals surface area contributed by atoms with Gasteiger partial charge in [-0.15, -0.1) is 0 Å². The highest BCUT2D eigenvalue weighted by Crippen LogP contribution is 2.29. The van der Waals surface area contributed by atoms with Gasteiger partial charge in [-0.2, -0.15) is 5.26 Å². The maximum Gasteiger partial charge on any atom is 0.307 e. The maximum atomic E-state index is 12.5. The third-order valence-corrected chi connectivity index (χ3v) is 6.87. The number of benzene rings is 2. The van der Waals surface area contributed by atoms with E-state index in [0.717, 1.165) is 16.9 Å². The van der Waals surface area contributed by atoms with Gasteiger partial charge in [0.15, 0.2) is 16.4 Å². The van der Waals surface area contributed by atoms with E-state index >= 15 is 0 Å². The summed E-state index contributed by atoms with van der Waals surface area (Å²) in [7, 11) is -3.63. The van der Waals surface area contributed by atoms with Crippen molar-refractivity contribution in [3.05, 3.63) is 77.5 Å². The number of rotatable bonds is 8. The normalized spacial score (nSPS) is 10.9. The SMILES string of the molecule is Cc1c(C#N)c(NC(=O)COC(=O)CCS(=O)(=O)c2ccccc2)n(-c2ccccc2)c1C. The van der Waals surface area contributed by atoms with Gasteiger partial charge in [-0.1, -0.05) is 36.4 Å². The second kappa shape index (κ2) is 10.1. The number of carbonyl (C=O) groups excluding carboxylic acids is 2. The molecule has 1 heterocycles. The zero-order valence-electron chi connectivity index (χ0n) is 18.2. The molecule has 33 heavy (non-hydrogen) atoms. The number of carbonyl (C=O) groups is 2. The number of amides is 1. The van der Waals surface area contributed by atoms with Crippen LogP contribution in [0.25, 0.3) is 5.69 Å². The van der Waals surface area contributed by atoms with Gasteiger partial charge in [0.1, 0.15) is 11.9 Å². The lowest BCUT2D eigenvalue weighted by Gasteiger charge is -2.13. The van der Waals surface area contributed by atoms with Gasteiger partial charge in [-0.3, -0.25) is 14.2 Å². The summed E-state index contributed by atoms with van der Waals surface area (Å²) in [6.45, 7) is 3.02. The van der Waals surface area contributed by atoms with Crippen molar-refractivity contribution in [2.24, 2.45) is 0 Å². The lowest BCUT2D eigenvalue weighted by Crippen LogP contribution is -2.23. The van der Waals surface area contributed by atoms with E-state index in [-0.39, 0.29) is 17.1 Å². The Kier molecular flexibility index (Phi) is 7.30. The molecule has 0 bridgehead atoms. The fourth-order valence-corrected chi connectivity index (χ4v) is 4.55. The highest BCUT2D eigenvalue weighted by atomic mass is 32.2. The van der Waals surface area contributed by atoms with Crippen molar-refractivity contribution in [3.8, 4) is 11.8 Å². The van der Waals surface area contributed by atoms with Gasteiger partial charge in [-0.25, -0.2) is 8.42 Å². The first-order chi connectivity index (χ1) is 15.7. The predicted octanol–water partition coefficient (Wildman–Crippen LogP) is 3.31. The molecule has 0 atom stereocenters. The quantitative estimate of drug-likeness (QED) is 0.510. The highest BCUT2D eigenvalue weighted by molar-refractivity contribution is 7.91. The zero-order valence-corrected chi connectivity index (χ0v) is 19.1. The van der Waals surface area contributed by atoms with Crippen molar-refractivity contribution in [1.82, 2.24) is 4.57 Å². The molecule has 9 heteroatoms. The molecule has 0 saturated carbocycles. The average molecular weight is 466 g/mol. The Morgan fingerprint density at radius 1 is 1.03 bits per heavy atom. The van der Waals surface area contributed by atoms with Crippen LogP contribution in [0.5, 0.6) is 0 Å². The molecule has 170 valence electrons. The first-order valence-corrected chi connectivity index (χ1v) is 11.8. The van der Waals surface area contributed by atoms with Crippen molar-refractivity contribution >= 4 is 27.5 Å². The van der Waals surface area contributed by atoms with Crippen molar-refractivity contribution < 1.29 is 22.7 Å². The van der Waals surface area contributed by atoms with Gasteiger partial charge in [0.05, 0.1) is 22.6 Å². The summed E-state index contributed by atoms with van der Waals surface area (Å²) in [5, 5.41) is 12.2. The van der Waals surface area contributed by atoms with Crippen LogP contribution >= 0.6 is 0 Å². The summed E-state index contributed by atoms with van der Waals surface area (Å²) in [4.78, 5) is 24.6. The maximum absolute atomic E-state index is 12.5. The molecule has 1 amide bonds. The number of hydrogen-bond acceptors (Lipinski definition) is 6. The highest BCUT2D eigenvalue weighted by Gasteiger charge is 2.22. The lowest BCUT2D eigenvalue weighted by molar-refractivity contribution is -0.146. The molecule has 1 N–H and O–H groups in total. The zero-order chi connectivity index (χ0) is 24.0. The Labute approximate surface area is 192 Å². The van der Waals surface area contributed by atoms with Crippen LogP contribution < -0.4 is 5.32 Å². The molecule has 3 rings (SSSR count). The van der Waals surface area contributed by atoms with E-state index in [1.54, 1.807) is 29.7 Å². The first kappa shape index (κ1) is 23.8. The van der Waals surface area contributed by atoms with Crippen molar-refractivity contribution in [2.75, 3.05) is 17.7 Å². The summed E-state index contributed by atoms with van der Waals surface area (Å²) < 4.78 is 31.3. The van der Waals surface area contributed by atoms with Crippen LogP contribution in [0.1, 0.15) is 23.2 Å². The number of aromatic nitrogens is 1. The molecule has 0 spiro atoms. The Bertz CT molecular complexity index is 1310. The minimum absolute atomic E-state index is 0.118. The molecule has 0 radical (unpaired) electrons. The molecule has 8 nitrogen and oxygen atoms in total. The van der Waals surface area contributed by atoms with E-state index in [2.05, 4.69) is 11.4 Å². The minimum atomic E-state index is -3.63. The van der Waals surface area contributed by atoms with Gasteiger partial charge < -0.3 is 10.1 Å². The molecule has 0 fully saturated rings. The first-order valence-electron chi connectivity index (χ1n) is 10.2. The smallest absolute Gasteiger partial charge is 0.307 e. The number of esters is 1. The van der Waals surface area contributed by atoms with Crippen molar-refractivity contribution in [2.45, 2.75) is 25.2 Å². The van der Waals surface area contributed by atoms with Gasteiger partial charge in [-0.05, 0) is 43.7 Å². The largest absolute Gasteiger partial charge is 0.456 e. The van der Waals surface area contributed by atoms with Gasteiger partial charge in [0, 0.05) is 11.4 Å². The summed E-state index contributed by atoms with van der Waals surface area (Å²) in [6.07, 6.45) is -0.382. The number of nitriles is 1. The van der Waals surface area contributed by atoms with Crippen LogP contribution in [0.3, 0.4) is 0 Å². The summed E-state index contributed by atoms with van der Waals surface area (Å²) in [6, 6.07) is 19.1. The standard InChI is InChI=1S/C24H23N3O5S/c1-17-18(2)27(19-9-5-3-6-10-19)24(21(17)15-25)26-22(28)16-32-23(29)13-14-33(30,31)20-11-7-4-8-12-20/h3-12H,13-14,16H2,1-2H3,(H,26,28). The van der Waals surface area contributed by atoms with Crippen molar-refractivity contribution in [1.29, 1.82) is 5.26 Å².